The fraction of sp³-hybridized carbons (Fsp3) is 0.769. The highest BCUT2D eigenvalue weighted by atomic mass is 16.4. The molecule has 0 aliphatic carbocycles. The lowest BCUT2D eigenvalue weighted by Crippen LogP contribution is -2.33. The number of aliphatic hydroxyl groups is 1. The van der Waals surface area contributed by atoms with E-state index in [1.807, 2.05) is 0 Å². The molecule has 0 aromatic rings. The van der Waals surface area contributed by atoms with Gasteiger partial charge in [-0.3, -0.25) is 14.4 Å². The first-order chi connectivity index (χ1) is 10.8. The Kier molecular flexibility index (Phi) is 10.9. The lowest BCUT2D eigenvalue weighted by molar-refractivity contribution is -0.140. The first-order valence-electron chi connectivity index (χ1n) is 7.31. The van der Waals surface area contributed by atoms with E-state index in [1.54, 1.807) is 0 Å². The molecule has 10 heteroatoms. The van der Waals surface area contributed by atoms with Crippen molar-refractivity contribution in [3.8, 4) is 0 Å². The number of carboxylic acid groups (broad SMARTS) is 3. The van der Waals surface area contributed by atoms with Gasteiger partial charge in [-0.2, -0.15) is 0 Å². The minimum atomic E-state index is -1.18. The minimum absolute atomic E-state index is 0.269. The quantitative estimate of drug-likeness (QED) is 0.304. The molecule has 0 amide bonds. The molecule has 3 unspecified atom stereocenters. The highest BCUT2D eigenvalue weighted by molar-refractivity contribution is 5.74. The van der Waals surface area contributed by atoms with Crippen molar-refractivity contribution in [3.63, 3.8) is 0 Å². The summed E-state index contributed by atoms with van der Waals surface area (Å²) in [5.41, 5.74) is 4.77. The number of aliphatic carboxylic acids is 3. The van der Waals surface area contributed by atoms with Gasteiger partial charge in [-0.15, -0.1) is 0 Å². The molecule has 3 atom stereocenters. The summed E-state index contributed by atoms with van der Waals surface area (Å²) < 4.78 is 0. The molecule has 0 spiro atoms. The van der Waals surface area contributed by atoms with Crippen molar-refractivity contribution in [3.05, 3.63) is 0 Å². The van der Waals surface area contributed by atoms with Gasteiger partial charge in [0.2, 0.25) is 0 Å². The zero-order chi connectivity index (χ0) is 17.8. The topological polar surface area (TPSA) is 182 Å². The van der Waals surface area contributed by atoms with Crippen molar-refractivity contribution in [2.45, 2.75) is 43.8 Å². The maximum absolute atomic E-state index is 10.1. The van der Waals surface area contributed by atoms with Gasteiger partial charge in [0.15, 0.2) is 0 Å². The van der Waals surface area contributed by atoms with E-state index < -0.39 is 30.6 Å². The molecule has 134 valence electrons. The van der Waals surface area contributed by atoms with Gasteiger partial charge >= 0.3 is 17.9 Å². The standard InChI is InChI=1S/2C5H9NO2.C3H7NO3/c2*7-5(8)4-2-1-3-6-4;4-2(1-5)3(6)7/h2*4,6H,1-3H2,(H,7,8);2,5H,1,4H2,(H,6,7). The number of aliphatic hydroxyl groups excluding tert-OH is 1. The Balaban J connectivity index is 0.000000317. The van der Waals surface area contributed by atoms with E-state index in [2.05, 4.69) is 10.6 Å². The molecule has 0 aromatic heterocycles. The van der Waals surface area contributed by atoms with E-state index in [0.29, 0.717) is 0 Å². The van der Waals surface area contributed by atoms with Gasteiger partial charge in [-0.25, -0.2) is 0 Å². The number of hydrogen-bond acceptors (Lipinski definition) is 7. The molecule has 0 saturated carbocycles. The molecule has 2 heterocycles. The predicted octanol–water partition coefficient (Wildman–Crippen LogP) is -1.96. The summed E-state index contributed by atoms with van der Waals surface area (Å²) in [6.45, 7) is 1.21. The first kappa shape index (κ1) is 21.2. The van der Waals surface area contributed by atoms with Gasteiger partial charge in [0.1, 0.15) is 18.1 Å². The number of hydrogen-bond donors (Lipinski definition) is 7. The number of carboxylic acids is 3. The summed E-state index contributed by atoms with van der Waals surface area (Å²) in [7, 11) is 0. The van der Waals surface area contributed by atoms with E-state index in [0.717, 1.165) is 38.8 Å². The average Bonchev–Trinajstić information content (AvgIpc) is 3.20. The van der Waals surface area contributed by atoms with Crippen LogP contribution in [0.25, 0.3) is 0 Å². The van der Waals surface area contributed by atoms with Gasteiger partial charge in [0.05, 0.1) is 6.61 Å². The summed E-state index contributed by atoms with van der Waals surface area (Å²) in [6.07, 6.45) is 3.57. The Morgan fingerprint density at radius 1 is 0.957 bits per heavy atom. The molecule has 0 radical (unpaired) electrons. The van der Waals surface area contributed by atoms with Crippen LogP contribution in [0.1, 0.15) is 25.7 Å². The van der Waals surface area contributed by atoms with Gasteiger partial charge in [-0.05, 0) is 38.8 Å². The maximum Gasteiger partial charge on any atom is 0.322 e. The minimum Gasteiger partial charge on any atom is -0.480 e. The fourth-order valence-corrected chi connectivity index (χ4v) is 1.87. The largest absolute Gasteiger partial charge is 0.480 e. The van der Waals surface area contributed by atoms with Crippen LogP contribution < -0.4 is 16.4 Å². The number of rotatable bonds is 4. The second-order valence-corrected chi connectivity index (χ2v) is 5.10. The van der Waals surface area contributed by atoms with Crippen molar-refractivity contribution < 1.29 is 34.8 Å². The molecule has 2 fully saturated rings. The molecule has 2 rings (SSSR count). The summed E-state index contributed by atoms with van der Waals surface area (Å²) in [5.74, 6) is -2.62. The Bertz CT molecular complexity index is 354. The number of carbonyl (C=O) groups is 3. The molecular weight excluding hydrogens is 310 g/mol. The van der Waals surface area contributed by atoms with Crippen LogP contribution in [0, 0.1) is 0 Å². The van der Waals surface area contributed by atoms with Crippen LogP contribution in [0.2, 0.25) is 0 Å². The summed E-state index contributed by atoms with van der Waals surface area (Å²) in [4.78, 5) is 29.9. The number of nitrogens with two attached hydrogens (primary N) is 1. The zero-order valence-electron chi connectivity index (χ0n) is 12.8. The van der Waals surface area contributed by atoms with Crippen LogP contribution in [0.4, 0.5) is 0 Å². The SMILES string of the molecule is NC(CO)C(=O)O.O=C(O)C1CCCN1.O=C(O)C1CCCN1. The first-order valence-corrected chi connectivity index (χ1v) is 7.31. The molecular formula is C13H25N3O7. The van der Waals surface area contributed by atoms with Gasteiger partial charge in [0.25, 0.3) is 0 Å². The third-order valence-corrected chi connectivity index (χ3v) is 3.23. The average molecular weight is 335 g/mol. The fourth-order valence-electron chi connectivity index (χ4n) is 1.87. The summed E-state index contributed by atoms with van der Waals surface area (Å²) in [6, 6.07) is -1.66. The lowest BCUT2D eigenvalue weighted by atomic mass is 10.2. The second-order valence-electron chi connectivity index (χ2n) is 5.10. The van der Waals surface area contributed by atoms with E-state index in [1.165, 1.54) is 0 Å². The summed E-state index contributed by atoms with van der Waals surface area (Å²) >= 11 is 0. The van der Waals surface area contributed by atoms with Crippen LogP contribution in [0.5, 0.6) is 0 Å². The predicted molar refractivity (Wildman–Crippen MR) is 80.0 cm³/mol. The molecule has 2 saturated heterocycles. The molecule has 8 N–H and O–H groups in total. The van der Waals surface area contributed by atoms with Gasteiger partial charge < -0.3 is 36.8 Å². The molecule has 10 nitrogen and oxygen atoms in total. The van der Waals surface area contributed by atoms with Crippen molar-refractivity contribution >= 4 is 17.9 Å². The van der Waals surface area contributed by atoms with E-state index >= 15 is 0 Å². The molecule has 23 heavy (non-hydrogen) atoms. The highest BCUT2D eigenvalue weighted by Gasteiger charge is 2.20. The smallest absolute Gasteiger partial charge is 0.322 e. The monoisotopic (exact) mass is 335 g/mol. The Labute approximate surface area is 133 Å². The van der Waals surface area contributed by atoms with Crippen molar-refractivity contribution in [1.82, 2.24) is 10.6 Å². The van der Waals surface area contributed by atoms with Crippen molar-refractivity contribution in [2.24, 2.45) is 5.73 Å². The van der Waals surface area contributed by atoms with Crippen molar-refractivity contribution in [1.29, 1.82) is 0 Å². The Hall–Kier alpha value is -1.75. The van der Waals surface area contributed by atoms with Crippen LogP contribution in [0.15, 0.2) is 0 Å². The molecule has 2 aliphatic rings. The van der Waals surface area contributed by atoms with Crippen LogP contribution in [-0.4, -0.2) is 76.2 Å². The number of nitrogens with one attached hydrogen (secondary N) is 2. The van der Waals surface area contributed by atoms with E-state index in [9.17, 15) is 14.4 Å². The van der Waals surface area contributed by atoms with E-state index in [-0.39, 0.29) is 12.1 Å². The Morgan fingerprint density at radius 2 is 1.35 bits per heavy atom. The van der Waals surface area contributed by atoms with Gasteiger partial charge in [-0.1, -0.05) is 0 Å². The van der Waals surface area contributed by atoms with Gasteiger partial charge in [0, 0.05) is 0 Å². The third-order valence-electron chi connectivity index (χ3n) is 3.23. The molecule has 2 aliphatic heterocycles. The molecule has 0 aromatic carbocycles. The third kappa shape index (κ3) is 9.79. The normalized spacial score (nSPS) is 23.7. The zero-order valence-corrected chi connectivity index (χ0v) is 12.8. The van der Waals surface area contributed by atoms with Crippen LogP contribution in [-0.2, 0) is 14.4 Å². The second kappa shape index (κ2) is 11.8. The molecule has 0 bridgehead atoms. The summed E-state index contributed by atoms with van der Waals surface area (Å²) in [5, 5.41) is 38.3. The highest BCUT2D eigenvalue weighted by Crippen LogP contribution is 2.04. The van der Waals surface area contributed by atoms with E-state index in [4.69, 9.17) is 26.2 Å². The Morgan fingerprint density at radius 3 is 1.43 bits per heavy atom. The van der Waals surface area contributed by atoms with Crippen molar-refractivity contribution in [2.75, 3.05) is 19.7 Å². The van der Waals surface area contributed by atoms with Crippen LogP contribution in [0.3, 0.4) is 0 Å². The lowest BCUT2D eigenvalue weighted by Gasteiger charge is -1.99. The maximum atomic E-state index is 10.1. The van der Waals surface area contributed by atoms with Crippen LogP contribution >= 0.6 is 0 Å².